The van der Waals surface area contributed by atoms with E-state index in [2.05, 4.69) is 10.3 Å². The van der Waals surface area contributed by atoms with Crippen molar-refractivity contribution in [2.75, 3.05) is 0 Å². The average Bonchev–Trinajstić information content (AvgIpc) is 2.68. The summed E-state index contributed by atoms with van der Waals surface area (Å²) in [5.74, 6) is 0.424. The van der Waals surface area contributed by atoms with E-state index in [-0.39, 0.29) is 0 Å². The lowest BCUT2D eigenvalue weighted by molar-refractivity contribution is 0.319. The smallest absolute Gasteiger partial charge is 0.181 e. The van der Waals surface area contributed by atoms with Crippen LogP contribution in [0.2, 0.25) is 0 Å². The van der Waals surface area contributed by atoms with Gasteiger partial charge in [-0.15, -0.1) is 0 Å². The number of benzene rings is 1. The Morgan fingerprint density at radius 1 is 1.33 bits per heavy atom. The number of rotatable bonds is 2. The first-order valence-corrected chi connectivity index (χ1v) is 4.51. The second-order valence-electron chi connectivity index (χ2n) is 3.23. The highest BCUT2D eigenvalue weighted by Gasteiger charge is 2.04. The van der Waals surface area contributed by atoms with Crippen molar-refractivity contribution in [3.63, 3.8) is 0 Å². The number of oxime groups is 1. The molecule has 0 unspecified atom stereocenters. The van der Waals surface area contributed by atoms with Gasteiger partial charge in [0.15, 0.2) is 5.76 Å². The fourth-order valence-corrected chi connectivity index (χ4v) is 1.27. The van der Waals surface area contributed by atoms with Crippen LogP contribution in [0, 0.1) is 6.92 Å². The fourth-order valence-electron chi connectivity index (χ4n) is 1.27. The molecule has 0 aliphatic heterocycles. The van der Waals surface area contributed by atoms with Crippen molar-refractivity contribution in [1.82, 2.24) is 5.16 Å². The molecule has 0 radical (unpaired) electrons. The molecule has 0 fully saturated rings. The second-order valence-corrected chi connectivity index (χ2v) is 3.23. The third-order valence-corrected chi connectivity index (χ3v) is 2.06. The van der Waals surface area contributed by atoms with Crippen LogP contribution in [0.25, 0.3) is 11.3 Å². The van der Waals surface area contributed by atoms with E-state index in [9.17, 15) is 0 Å². The topological polar surface area (TPSA) is 58.6 Å². The van der Waals surface area contributed by atoms with Gasteiger partial charge in [0.1, 0.15) is 11.9 Å². The molecular formula is C11H10N2O2. The summed E-state index contributed by atoms with van der Waals surface area (Å²) in [5, 5.41) is 15.0. The van der Waals surface area contributed by atoms with Gasteiger partial charge in [-0.2, -0.15) is 0 Å². The third-order valence-electron chi connectivity index (χ3n) is 2.06. The highest BCUT2D eigenvalue weighted by molar-refractivity contribution is 5.77. The van der Waals surface area contributed by atoms with E-state index in [1.54, 1.807) is 6.07 Å². The predicted octanol–water partition coefficient (Wildman–Crippen LogP) is 2.46. The van der Waals surface area contributed by atoms with Gasteiger partial charge >= 0.3 is 0 Å². The highest BCUT2D eigenvalue weighted by atomic mass is 16.5. The van der Waals surface area contributed by atoms with Crippen molar-refractivity contribution >= 4 is 6.21 Å². The van der Waals surface area contributed by atoms with E-state index in [0.717, 1.165) is 11.3 Å². The molecule has 0 saturated carbocycles. The van der Waals surface area contributed by atoms with E-state index >= 15 is 0 Å². The number of aromatic nitrogens is 1. The normalized spacial score (nSPS) is 11.0. The molecule has 2 aromatic rings. The third kappa shape index (κ3) is 2.04. The lowest BCUT2D eigenvalue weighted by Gasteiger charge is -1.94. The van der Waals surface area contributed by atoms with Crippen LogP contribution in [0.1, 0.15) is 11.3 Å². The van der Waals surface area contributed by atoms with Gasteiger partial charge in [-0.1, -0.05) is 40.1 Å². The number of hydrogen-bond acceptors (Lipinski definition) is 4. The van der Waals surface area contributed by atoms with Gasteiger partial charge in [0, 0.05) is 11.6 Å². The Bertz CT molecular complexity index is 472. The van der Waals surface area contributed by atoms with Crippen molar-refractivity contribution in [3.8, 4) is 11.3 Å². The first-order valence-electron chi connectivity index (χ1n) is 4.51. The van der Waals surface area contributed by atoms with Crippen molar-refractivity contribution in [1.29, 1.82) is 0 Å². The lowest BCUT2D eigenvalue weighted by atomic mass is 10.1. The maximum Gasteiger partial charge on any atom is 0.181 e. The molecule has 0 spiro atoms. The monoisotopic (exact) mass is 202 g/mol. The average molecular weight is 202 g/mol. The van der Waals surface area contributed by atoms with Crippen molar-refractivity contribution in [2.45, 2.75) is 6.92 Å². The summed E-state index contributed by atoms with van der Waals surface area (Å²) in [7, 11) is 0. The van der Waals surface area contributed by atoms with E-state index in [1.165, 1.54) is 11.8 Å². The molecule has 1 aromatic heterocycles. The molecule has 1 N–H and O–H groups in total. The Balaban J connectivity index is 2.33. The van der Waals surface area contributed by atoms with Crippen molar-refractivity contribution in [3.05, 3.63) is 41.7 Å². The van der Waals surface area contributed by atoms with Crippen LogP contribution < -0.4 is 0 Å². The first-order chi connectivity index (χ1) is 7.29. The van der Waals surface area contributed by atoms with E-state index in [1.807, 2.05) is 31.2 Å². The number of hydrogen-bond donors (Lipinski definition) is 1. The molecule has 1 heterocycles. The van der Waals surface area contributed by atoms with Crippen LogP contribution in [-0.2, 0) is 0 Å². The second kappa shape index (κ2) is 3.96. The quantitative estimate of drug-likeness (QED) is 0.462. The summed E-state index contributed by atoms with van der Waals surface area (Å²) >= 11 is 0. The summed E-state index contributed by atoms with van der Waals surface area (Å²) in [6.45, 7) is 2.02. The van der Waals surface area contributed by atoms with E-state index < -0.39 is 0 Å². The molecular weight excluding hydrogens is 192 g/mol. The first kappa shape index (κ1) is 9.45. The van der Waals surface area contributed by atoms with Gasteiger partial charge in [0.05, 0.1) is 0 Å². The Labute approximate surface area is 86.8 Å². The minimum absolute atomic E-state index is 0.424. The molecule has 0 aliphatic rings. The Kier molecular flexibility index (Phi) is 2.49. The maximum atomic E-state index is 8.32. The molecule has 0 bridgehead atoms. The molecule has 4 heteroatoms. The lowest BCUT2D eigenvalue weighted by Crippen LogP contribution is -1.77. The number of nitrogens with zero attached hydrogens (tertiary/aromatic N) is 2. The van der Waals surface area contributed by atoms with Gasteiger partial charge in [0.2, 0.25) is 0 Å². The largest absolute Gasteiger partial charge is 0.411 e. The van der Waals surface area contributed by atoms with Crippen LogP contribution >= 0.6 is 0 Å². The Morgan fingerprint density at radius 3 is 2.73 bits per heavy atom. The van der Waals surface area contributed by atoms with Crippen LogP contribution in [0.5, 0.6) is 0 Å². The molecule has 76 valence electrons. The van der Waals surface area contributed by atoms with Crippen LogP contribution in [0.3, 0.4) is 0 Å². The molecule has 1 aromatic carbocycles. The Hall–Kier alpha value is -2.10. The highest BCUT2D eigenvalue weighted by Crippen LogP contribution is 2.18. The zero-order valence-electron chi connectivity index (χ0n) is 8.21. The molecule has 15 heavy (non-hydrogen) atoms. The van der Waals surface area contributed by atoms with Gasteiger partial charge in [0.25, 0.3) is 0 Å². The molecule has 4 nitrogen and oxygen atoms in total. The van der Waals surface area contributed by atoms with Crippen molar-refractivity contribution in [2.24, 2.45) is 5.16 Å². The van der Waals surface area contributed by atoms with Crippen LogP contribution in [-0.4, -0.2) is 16.6 Å². The zero-order valence-corrected chi connectivity index (χ0v) is 8.21. The molecule has 0 saturated heterocycles. The summed E-state index contributed by atoms with van der Waals surface area (Å²) in [6.07, 6.45) is 1.20. The fraction of sp³-hybridized carbons (Fsp3) is 0.0909. The standard InChI is InChI=1S/C11H10N2O2/c1-8-2-4-9(5-3-8)11-6-10(7-12-14)15-13-11/h2-7,14H,1H3. The summed E-state index contributed by atoms with van der Waals surface area (Å²) in [4.78, 5) is 0. The summed E-state index contributed by atoms with van der Waals surface area (Å²) in [5.41, 5.74) is 2.89. The summed E-state index contributed by atoms with van der Waals surface area (Å²) in [6, 6.07) is 9.65. The van der Waals surface area contributed by atoms with Gasteiger partial charge in [-0.05, 0) is 6.92 Å². The molecule has 2 rings (SSSR count). The van der Waals surface area contributed by atoms with Crippen molar-refractivity contribution < 1.29 is 9.73 Å². The van der Waals surface area contributed by atoms with Gasteiger partial charge in [-0.3, -0.25) is 0 Å². The molecule has 0 aliphatic carbocycles. The minimum atomic E-state index is 0.424. The zero-order chi connectivity index (χ0) is 10.7. The van der Waals surface area contributed by atoms with E-state index in [0.29, 0.717) is 5.76 Å². The predicted molar refractivity (Wildman–Crippen MR) is 56.1 cm³/mol. The molecule has 0 amide bonds. The van der Waals surface area contributed by atoms with Gasteiger partial charge < -0.3 is 9.73 Å². The van der Waals surface area contributed by atoms with Gasteiger partial charge in [-0.25, -0.2) is 0 Å². The minimum Gasteiger partial charge on any atom is -0.411 e. The number of aryl methyl sites for hydroxylation is 1. The van der Waals surface area contributed by atoms with Crippen LogP contribution in [0.15, 0.2) is 40.0 Å². The van der Waals surface area contributed by atoms with Crippen LogP contribution in [0.4, 0.5) is 0 Å². The van der Waals surface area contributed by atoms with E-state index in [4.69, 9.17) is 9.73 Å². The Morgan fingerprint density at radius 2 is 2.07 bits per heavy atom. The maximum absolute atomic E-state index is 8.32. The summed E-state index contributed by atoms with van der Waals surface area (Å²) < 4.78 is 4.93. The SMILES string of the molecule is Cc1ccc(-c2cc(C=NO)on2)cc1. The molecule has 0 atom stereocenters.